The molecule has 1 aliphatic carbocycles. The van der Waals surface area contributed by atoms with E-state index in [0.717, 1.165) is 31.2 Å². The van der Waals surface area contributed by atoms with Gasteiger partial charge in [-0.25, -0.2) is 23.1 Å². The molecule has 5 rings (SSSR count). The van der Waals surface area contributed by atoms with Crippen LogP contribution in [0.25, 0.3) is 22.7 Å². The van der Waals surface area contributed by atoms with Gasteiger partial charge in [-0.15, -0.1) is 0 Å². The van der Waals surface area contributed by atoms with Crippen LogP contribution in [0, 0.1) is 12.8 Å². The minimum absolute atomic E-state index is 0.134. The Morgan fingerprint density at radius 3 is 2.50 bits per heavy atom. The topological polar surface area (TPSA) is 99.2 Å². The average molecular weight is 478 g/mol. The van der Waals surface area contributed by atoms with Crippen molar-refractivity contribution in [2.45, 2.75) is 50.3 Å². The van der Waals surface area contributed by atoms with E-state index < -0.39 is 9.84 Å². The fraction of sp³-hybridized carbons (Fsp3) is 0.360. The van der Waals surface area contributed by atoms with E-state index in [1.54, 1.807) is 36.5 Å². The average Bonchev–Trinajstić information content (AvgIpc) is 3.25. The molecule has 0 bridgehead atoms. The Morgan fingerprint density at radius 1 is 1.03 bits per heavy atom. The van der Waals surface area contributed by atoms with Crippen LogP contribution in [-0.4, -0.2) is 38.8 Å². The third-order valence-electron chi connectivity index (χ3n) is 6.67. The van der Waals surface area contributed by atoms with Crippen molar-refractivity contribution >= 4 is 15.5 Å². The first-order valence-corrected chi connectivity index (χ1v) is 13.4. The second kappa shape index (κ2) is 8.47. The van der Waals surface area contributed by atoms with Crippen LogP contribution in [0.4, 0.5) is 0 Å². The first-order valence-electron chi connectivity index (χ1n) is 11.5. The maximum atomic E-state index is 13.5. The van der Waals surface area contributed by atoms with Crippen LogP contribution in [0.5, 0.6) is 0 Å². The van der Waals surface area contributed by atoms with Crippen molar-refractivity contribution in [3.63, 3.8) is 0 Å². The van der Waals surface area contributed by atoms with E-state index in [0.29, 0.717) is 28.9 Å². The monoisotopic (exact) mass is 477 g/mol. The highest BCUT2D eigenvalue weighted by Gasteiger charge is 2.28. The molecule has 1 aliphatic rings. The molecule has 8 nitrogen and oxygen atoms in total. The first kappa shape index (κ1) is 22.5. The number of para-hydroxylation sites is 1. The van der Waals surface area contributed by atoms with E-state index in [1.807, 2.05) is 13.0 Å². The summed E-state index contributed by atoms with van der Waals surface area (Å²) in [4.78, 5) is 23.0. The van der Waals surface area contributed by atoms with Crippen LogP contribution in [0.3, 0.4) is 0 Å². The summed E-state index contributed by atoms with van der Waals surface area (Å²) >= 11 is 0. The highest BCUT2D eigenvalue weighted by Crippen LogP contribution is 2.35. The van der Waals surface area contributed by atoms with Crippen LogP contribution in [-0.2, 0) is 9.84 Å². The SMILES string of the molecule is Cc1cccn2c(=O)c(-c3nc(C4CCC(C)CC4)nn3-c3ccccc3S(C)(=O)=O)cnc12. The number of aryl methyl sites for hydroxylation is 1. The van der Waals surface area contributed by atoms with Gasteiger partial charge < -0.3 is 0 Å². The lowest BCUT2D eigenvalue weighted by atomic mass is 9.83. The van der Waals surface area contributed by atoms with Gasteiger partial charge in [-0.2, -0.15) is 5.10 Å². The lowest BCUT2D eigenvalue weighted by Crippen LogP contribution is -2.19. The van der Waals surface area contributed by atoms with E-state index in [-0.39, 0.29) is 21.9 Å². The maximum absolute atomic E-state index is 13.5. The Morgan fingerprint density at radius 2 is 1.76 bits per heavy atom. The minimum Gasteiger partial charge on any atom is -0.268 e. The summed E-state index contributed by atoms with van der Waals surface area (Å²) in [5.74, 6) is 1.78. The number of benzene rings is 1. The fourth-order valence-electron chi connectivity index (χ4n) is 4.71. The molecule has 4 aromatic rings. The summed E-state index contributed by atoms with van der Waals surface area (Å²) < 4.78 is 28.1. The van der Waals surface area contributed by atoms with Crippen LogP contribution >= 0.6 is 0 Å². The van der Waals surface area contributed by atoms with Gasteiger partial charge in [0.15, 0.2) is 21.5 Å². The van der Waals surface area contributed by atoms with Gasteiger partial charge in [0, 0.05) is 24.6 Å². The molecule has 1 fully saturated rings. The predicted octanol–water partition coefficient (Wildman–Crippen LogP) is 3.95. The Kier molecular flexibility index (Phi) is 5.59. The van der Waals surface area contributed by atoms with Gasteiger partial charge in [0.25, 0.3) is 5.56 Å². The van der Waals surface area contributed by atoms with Crippen LogP contribution in [0.15, 0.2) is 58.5 Å². The van der Waals surface area contributed by atoms with Crippen molar-refractivity contribution in [3.8, 4) is 17.1 Å². The summed E-state index contributed by atoms with van der Waals surface area (Å²) in [6.45, 7) is 4.15. The molecule has 1 aromatic carbocycles. The third kappa shape index (κ3) is 3.94. The summed E-state index contributed by atoms with van der Waals surface area (Å²) in [5, 5.41) is 4.78. The molecule has 34 heavy (non-hydrogen) atoms. The van der Waals surface area contributed by atoms with Gasteiger partial charge in [0.2, 0.25) is 0 Å². The number of hydrogen-bond acceptors (Lipinski definition) is 6. The normalized spacial score (nSPS) is 18.9. The molecule has 9 heteroatoms. The van der Waals surface area contributed by atoms with Gasteiger partial charge in [0.05, 0.1) is 10.6 Å². The smallest absolute Gasteiger partial charge is 0.268 e. The standard InChI is InChI=1S/C25H27N5O3S/c1-16-10-12-18(13-11-16)22-27-24(19-15-26-23-17(2)7-6-14-29(23)25(19)31)30(28-22)20-8-4-5-9-21(20)34(3,32)33/h4-9,14-16,18H,10-13H2,1-3H3. The lowest BCUT2D eigenvalue weighted by Gasteiger charge is -2.23. The van der Waals surface area contributed by atoms with Crippen molar-refractivity contribution in [2.75, 3.05) is 6.26 Å². The molecule has 0 spiro atoms. The van der Waals surface area contributed by atoms with Crippen molar-refractivity contribution in [1.29, 1.82) is 0 Å². The van der Waals surface area contributed by atoms with Gasteiger partial charge in [-0.05, 0) is 49.4 Å². The van der Waals surface area contributed by atoms with E-state index in [1.165, 1.54) is 21.5 Å². The van der Waals surface area contributed by atoms with Crippen molar-refractivity contribution in [2.24, 2.45) is 5.92 Å². The number of aromatic nitrogens is 5. The van der Waals surface area contributed by atoms with E-state index >= 15 is 0 Å². The fourth-order valence-corrected chi connectivity index (χ4v) is 5.57. The molecular formula is C25H27N5O3S. The quantitative estimate of drug-likeness (QED) is 0.441. The highest BCUT2D eigenvalue weighted by molar-refractivity contribution is 7.90. The number of sulfone groups is 1. The third-order valence-corrected chi connectivity index (χ3v) is 7.81. The Hall–Kier alpha value is -3.33. The second-order valence-corrected chi connectivity index (χ2v) is 11.2. The molecule has 0 saturated heterocycles. The second-order valence-electron chi connectivity index (χ2n) is 9.26. The Bertz CT molecular complexity index is 1550. The summed E-state index contributed by atoms with van der Waals surface area (Å²) in [6, 6.07) is 10.4. The number of pyridine rings is 1. The Balaban J connectivity index is 1.76. The van der Waals surface area contributed by atoms with Gasteiger partial charge >= 0.3 is 0 Å². The molecule has 3 aromatic heterocycles. The van der Waals surface area contributed by atoms with E-state index in [2.05, 4.69) is 11.9 Å². The summed E-state index contributed by atoms with van der Waals surface area (Å²) in [7, 11) is -3.54. The van der Waals surface area contributed by atoms with Crippen molar-refractivity contribution in [1.82, 2.24) is 24.1 Å². The van der Waals surface area contributed by atoms with Crippen LogP contribution in [0.2, 0.25) is 0 Å². The Labute approximate surface area is 198 Å². The number of nitrogens with zero attached hydrogens (tertiary/aromatic N) is 5. The van der Waals surface area contributed by atoms with Crippen molar-refractivity contribution < 1.29 is 8.42 Å². The molecule has 3 heterocycles. The highest BCUT2D eigenvalue weighted by atomic mass is 32.2. The molecule has 0 aliphatic heterocycles. The predicted molar refractivity (Wildman–Crippen MR) is 130 cm³/mol. The molecule has 0 radical (unpaired) electrons. The van der Waals surface area contributed by atoms with Gasteiger partial charge in [0.1, 0.15) is 11.2 Å². The van der Waals surface area contributed by atoms with Gasteiger partial charge in [-0.3, -0.25) is 9.20 Å². The van der Waals surface area contributed by atoms with E-state index in [9.17, 15) is 13.2 Å². The zero-order valence-corrected chi connectivity index (χ0v) is 20.3. The van der Waals surface area contributed by atoms with E-state index in [4.69, 9.17) is 10.1 Å². The number of fused-ring (bicyclic) bond motifs is 1. The molecule has 1 saturated carbocycles. The molecular weight excluding hydrogens is 450 g/mol. The molecule has 0 unspecified atom stereocenters. The molecule has 0 amide bonds. The summed E-state index contributed by atoms with van der Waals surface area (Å²) in [6.07, 6.45) is 8.47. The maximum Gasteiger partial charge on any atom is 0.268 e. The van der Waals surface area contributed by atoms with Crippen LogP contribution < -0.4 is 5.56 Å². The summed E-state index contributed by atoms with van der Waals surface area (Å²) in [5.41, 5.74) is 1.82. The zero-order valence-electron chi connectivity index (χ0n) is 19.5. The number of rotatable bonds is 4. The molecule has 0 N–H and O–H groups in total. The van der Waals surface area contributed by atoms with Crippen LogP contribution in [0.1, 0.15) is 49.9 Å². The first-order chi connectivity index (χ1) is 16.2. The number of hydrogen-bond donors (Lipinski definition) is 0. The minimum atomic E-state index is -3.54. The zero-order chi connectivity index (χ0) is 24.0. The lowest BCUT2D eigenvalue weighted by molar-refractivity contribution is 0.339. The van der Waals surface area contributed by atoms with Gasteiger partial charge in [-0.1, -0.05) is 38.0 Å². The largest absolute Gasteiger partial charge is 0.268 e. The molecule has 176 valence electrons. The molecule has 0 atom stereocenters. The van der Waals surface area contributed by atoms with Crippen molar-refractivity contribution in [3.05, 3.63) is 70.5 Å².